The number of ether oxygens (including phenoxy) is 3. The number of methoxy groups -OCH3 is 1. The first-order valence-electron chi connectivity index (χ1n) is 9.34. The molecule has 3 rings (SSSR count). The molecule has 162 valence electrons. The molecule has 6 nitrogen and oxygen atoms in total. The number of halogens is 1. The van der Waals surface area contributed by atoms with Gasteiger partial charge in [-0.1, -0.05) is 41.7 Å². The van der Waals surface area contributed by atoms with Gasteiger partial charge in [-0.05, 0) is 65.7 Å². The van der Waals surface area contributed by atoms with Crippen LogP contribution in [-0.4, -0.2) is 36.5 Å². The summed E-state index contributed by atoms with van der Waals surface area (Å²) in [5.41, 5.74) is 2.57. The Balaban J connectivity index is 1.90. The van der Waals surface area contributed by atoms with Crippen molar-refractivity contribution in [3.63, 3.8) is 0 Å². The first kappa shape index (κ1) is 23.3. The minimum Gasteiger partial charge on any atom is -0.490 e. The average Bonchev–Trinajstić information content (AvgIpc) is 3.01. The lowest BCUT2D eigenvalue weighted by Crippen LogP contribution is -2.27. The Morgan fingerprint density at radius 2 is 1.94 bits per heavy atom. The number of aryl methyl sites for hydroxylation is 1. The Bertz CT molecular complexity index is 1050. The first-order chi connectivity index (χ1) is 14.8. The first-order valence-corrected chi connectivity index (χ1v) is 11.4. The fourth-order valence-electron chi connectivity index (χ4n) is 2.80. The summed E-state index contributed by atoms with van der Waals surface area (Å²) in [6.45, 7) is 3.99. The van der Waals surface area contributed by atoms with E-state index in [4.69, 9.17) is 21.7 Å². The van der Waals surface area contributed by atoms with Gasteiger partial charge in [-0.3, -0.25) is 9.69 Å². The van der Waals surface area contributed by atoms with Crippen LogP contribution in [0.3, 0.4) is 0 Å². The van der Waals surface area contributed by atoms with Crippen molar-refractivity contribution in [2.24, 2.45) is 0 Å². The Labute approximate surface area is 198 Å². The molecule has 1 saturated heterocycles. The van der Waals surface area contributed by atoms with Crippen molar-refractivity contribution in [1.82, 2.24) is 0 Å². The maximum absolute atomic E-state index is 13.0. The largest absolute Gasteiger partial charge is 0.490 e. The van der Waals surface area contributed by atoms with Gasteiger partial charge in [0.1, 0.15) is 0 Å². The smallest absolute Gasteiger partial charge is 0.343 e. The number of rotatable bonds is 7. The van der Waals surface area contributed by atoms with Crippen LogP contribution in [0.25, 0.3) is 6.08 Å². The van der Waals surface area contributed by atoms with E-state index in [1.54, 1.807) is 18.2 Å². The zero-order chi connectivity index (χ0) is 22.5. The quantitative estimate of drug-likeness (QED) is 0.284. The van der Waals surface area contributed by atoms with Gasteiger partial charge in [0.25, 0.3) is 5.91 Å². The topological polar surface area (TPSA) is 65.1 Å². The van der Waals surface area contributed by atoms with E-state index in [2.05, 4.69) is 20.7 Å². The number of amides is 1. The predicted octanol–water partition coefficient (Wildman–Crippen LogP) is 5.11. The van der Waals surface area contributed by atoms with Gasteiger partial charge in [0.15, 0.2) is 22.4 Å². The molecule has 0 unspecified atom stereocenters. The highest BCUT2D eigenvalue weighted by molar-refractivity contribution is 9.10. The number of anilines is 1. The van der Waals surface area contributed by atoms with Gasteiger partial charge in [-0.15, -0.1) is 0 Å². The highest BCUT2D eigenvalue weighted by Gasteiger charge is 2.33. The fraction of sp³-hybridized carbons (Fsp3) is 0.227. The summed E-state index contributed by atoms with van der Waals surface area (Å²) >= 11 is 10.1. The number of hydrogen-bond donors (Lipinski definition) is 0. The van der Waals surface area contributed by atoms with Crippen LogP contribution in [0.15, 0.2) is 45.8 Å². The molecule has 0 spiro atoms. The average molecular weight is 522 g/mol. The number of carbonyl (C=O) groups excluding carboxylic acids is 2. The lowest BCUT2D eigenvalue weighted by atomic mass is 10.1. The van der Waals surface area contributed by atoms with Crippen molar-refractivity contribution >= 4 is 67.9 Å². The molecule has 0 saturated carbocycles. The van der Waals surface area contributed by atoms with E-state index in [0.29, 0.717) is 31.8 Å². The number of thiocarbonyl (C=S) groups is 1. The number of esters is 1. The van der Waals surface area contributed by atoms with Crippen molar-refractivity contribution in [2.75, 3.05) is 25.2 Å². The van der Waals surface area contributed by atoms with Crippen molar-refractivity contribution < 1.29 is 23.8 Å². The fourth-order valence-corrected chi connectivity index (χ4v) is 4.67. The Morgan fingerprint density at radius 3 is 2.58 bits per heavy atom. The normalized spacial score (nSPS) is 14.8. The Hall–Kier alpha value is -2.36. The molecule has 9 heteroatoms. The maximum atomic E-state index is 13.0. The second-order valence-corrected chi connectivity index (χ2v) is 9.01. The van der Waals surface area contributed by atoms with Gasteiger partial charge >= 0.3 is 5.97 Å². The monoisotopic (exact) mass is 521 g/mol. The summed E-state index contributed by atoms with van der Waals surface area (Å²) in [4.78, 5) is 26.5. The molecule has 1 fully saturated rings. The Morgan fingerprint density at radius 1 is 1.23 bits per heavy atom. The van der Waals surface area contributed by atoms with Gasteiger partial charge in [0.05, 0.1) is 28.8 Å². The standard InChI is InChI=1S/C22H20BrNO5S2/c1-4-28-17-10-14(9-16(23)20(17)29-12-19(25)27-3)11-18-21(26)24(22(30)31-18)15-7-5-13(2)6-8-15/h5-11H,4,12H2,1-3H3/b18-11+. The van der Waals surface area contributed by atoms with Crippen molar-refractivity contribution in [3.8, 4) is 11.5 Å². The lowest BCUT2D eigenvalue weighted by Gasteiger charge is -2.15. The van der Waals surface area contributed by atoms with Crippen LogP contribution in [0.4, 0.5) is 5.69 Å². The van der Waals surface area contributed by atoms with Crippen molar-refractivity contribution in [1.29, 1.82) is 0 Å². The molecule has 0 aliphatic carbocycles. The summed E-state index contributed by atoms with van der Waals surface area (Å²) in [6.07, 6.45) is 1.75. The van der Waals surface area contributed by atoms with Gasteiger partial charge < -0.3 is 14.2 Å². The van der Waals surface area contributed by atoms with E-state index in [9.17, 15) is 9.59 Å². The summed E-state index contributed by atoms with van der Waals surface area (Å²) in [5, 5.41) is 0. The molecule has 0 bridgehead atoms. The zero-order valence-corrected chi connectivity index (χ0v) is 20.4. The molecule has 1 aliphatic rings. The lowest BCUT2D eigenvalue weighted by molar-refractivity contribution is -0.142. The van der Waals surface area contributed by atoms with E-state index >= 15 is 0 Å². The van der Waals surface area contributed by atoms with Gasteiger partial charge in [-0.25, -0.2) is 4.79 Å². The van der Waals surface area contributed by atoms with E-state index in [0.717, 1.165) is 16.8 Å². The third-order valence-electron chi connectivity index (χ3n) is 4.28. The van der Waals surface area contributed by atoms with Gasteiger partial charge in [0.2, 0.25) is 0 Å². The van der Waals surface area contributed by atoms with Crippen LogP contribution in [0, 0.1) is 6.92 Å². The minimum absolute atomic E-state index is 0.182. The van der Waals surface area contributed by atoms with Crippen molar-refractivity contribution in [3.05, 3.63) is 56.9 Å². The predicted molar refractivity (Wildman–Crippen MR) is 130 cm³/mol. The third kappa shape index (κ3) is 5.47. The van der Waals surface area contributed by atoms with Crippen LogP contribution < -0.4 is 14.4 Å². The highest BCUT2D eigenvalue weighted by atomic mass is 79.9. The molecule has 0 atom stereocenters. The molecule has 0 N–H and O–H groups in total. The Kier molecular flexibility index (Phi) is 7.74. The zero-order valence-electron chi connectivity index (χ0n) is 17.1. The summed E-state index contributed by atoms with van der Waals surface area (Å²) in [7, 11) is 1.29. The molecule has 1 heterocycles. The van der Waals surface area contributed by atoms with Gasteiger partial charge in [0, 0.05) is 0 Å². The molecule has 0 radical (unpaired) electrons. The maximum Gasteiger partial charge on any atom is 0.343 e. The molecule has 2 aromatic carbocycles. The van der Waals surface area contributed by atoms with E-state index in [1.165, 1.54) is 23.8 Å². The molecular weight excluding hydrogens is 502 g/mol. The molecule has 2 aromatic rings. The molecular formula is C22H20BrNO5S2. The van der Waals surface area contributed by atoms with Gasteiger partial charge in [-0.2, -0.15) is 0 Å². The molecule has 1 amide bonds. The summed E-state index contributed by atoms with van der Waals surface area (Å²) < 4.78 is 16.9. The SMILES string of the molecule is CCOc1cc(/C=C2/SC(=S)N(c3ccc(C)cc3)C2=O)cc(Br)c1OCC(=O)OC. The van der Waals surface area contributed by atoms with E-state index in [-0.39, 0.29) is 12.5 Å². The van der Waals surface area contributed by atoms with E-state index < -0.39 is 5.97 Å². The van der Waals surface area contributed by atoms with Crippen LogP contribution in [0.2, 0.25) is 0 Å². The van der Waals surface area contributed by atoms with Crippen molar-refractivity contribution in [2.45, 2.75) is 13.8 Å². The van der Waals surface area contributed by atoms with E-state index in [1.807, 2.05) is 38.1 Å². The summed E-state index contributed by atoms with van der Waals surface area (Å²) in [6, 6.07) is 11.2. The minimum atomic E-state index is -0.502. The molecule has 1 aliphatic heterocycles. The van der Waals surface area contributed by atoms with Crippen LogP contribution >= 0.6 is 39.9 Å². The van der Waals surface area contributed by atoms with Crippen LogP contribution in [-0.2, 0) is 14.3 Å². The molecule has 31 heavy (non-hydrogen) atoms. The number of thioether (sulfide) groups is 1. The van der Waals surface area contributed by atoms with Crippen LogP contribution in [0.1, 0.15) is 18.1 Å². The second-order valence-electron chi connectivity index (χ2n) is 6.48. The third-order valence-corrected chi connectivity index (χ3v) is 6.17. The number of nitrogens with zero attached hydrogens (tertiary/aromatic N) is 1. The van der Waals surface area contributed by atoms with Crippen LogP contribution in [0.5, 0.6) is 11.5 Å². The molecule has 0 aromatic heterocycles. The number of carbonyl (C=O) groups is 2. The summed E-state index contributed by atoms with van der Waals surface area (Å²) in [5.74, 6) is 0.148. The number of hydrogen-bond acceptors (Lipinski definition) is 7. The number of benzene rings is 2. The second kappa shape index (κ2) is 10.3. The highest BCUT2D eigenvalue weighted by Crippen LogP contribution is 2.40.